The number of hydrogen-bond acceptors (Lipinski definition) is 5. The summed E-state index contributed by atoms with van der Waals surface area (Å²) in [6, 6.07) is 7.52. The Kier molecular flexibility index (Phi) is 2.63. The summed E-state index contributed by atoms with van der Waals surface area (Å²) < 4.78 is 6.31. The summed E-state index contributed by atoms with van der Waals surface area (Å²) in [6.07, 6.45) is 0. The predicted molar refractivity (Wildman–Crippen MR) is 68.9 cm³/mol. The lowest BCUT2D eigenvalue weighted by atomic mass is 10.2. The smallest absolute Gasteiger partial charge is 0.272 e. The Morgan fingerprint density at radius 2 is 1.95 bits per heavy atom. The van der Waals surface area contributed by atoms with Crippen molar-refractivity contribution < 1.29 is 4.63 Å². The highest BCUT2D eigenvalue weighted by atomic mass is 16.6. The van der Waals surface area contributed by atoms with E-state index in [1.807, 2.05) is 24.3 Å². The van der Waals surface area contributed by atoms with E-state index in [2.05, 4.69) is 19.9 Å². The van der Waals surface area contributed by atoms with Gasteiger partial charge in [-0.1, -0.05) is 22.4 Å². The number of hydrogen-bond donors (Lipinski definition) is 0. The second-order valence-corrected chi connectivity index (χ2v) is 4.37. The molecule has 0 aliphatic carbocycles. The first kappa shape index (κ1) is 11.6. The van der Waals surface area contributed by atoms with Crippen molar-refractivity contribution >= 4 is 11.0 Å². The molecule has 0 amide bonds. The van der Waals surface area contributed by atoms with Crippen molar-refractivity contribution in [1.82, 2.24) is 19.9 Å². The van der Waals surface area contributed by atoms with Crippen molar-refractivity contribution in [2.24, 2.45) is 0 Å². The summed E-state index contributed by atoms with van der Waals surface area (Å²) in [5, 5.41) is 7.55. The topological polar surface area (TPSA) is 73.8 Å². The van der Waals surface area contributed by atoms with E-state index >= 15 is 0 Å². The Balaban J connectivity index is 2.24. The third kappa shape index (κ3) is 1.91. The van der Waals surface area contributed by atoms with Crippen molar-refractivity contribution in [3.8, 4) is 0 Å². The molecule has 6 heteroatoms. The van der Waals surface area contributed by atoms with Crippen LogP contribution in [0.5, 0.6) is 0 Å². The number of aromatic nitrogens is 4. The second-order valence-electron chi connectivity index (χ2n) is 4.37. The summed E-state index contributed by atoms with van der Waals surface area (Å²) in [7, 11) is 0. The number of para-hydroxylation sites is 2. The lowest BCUT2D eigenvalue weighted by Gasteiger charge is -2.09. The van der Waals surface area contributed by atoms with E-state index in [-0.39, 0.29) is 5.56 Å². The molecule has 0 fully saturated rings. The molecule has 0 radical (unpaired) electrons. The van der Waals surface area contributed by atoms with Gasteiger partial charge in [0.1, 0.15) is 17.1 Å². The average Bonchev–Trinajstić information content (AvgIpc) is 2.80. The molecule has 19 heavy (non-hydrogen) atoms. The van der Waals surface area contributed by atoms with Crippen LogP contribution in [-0.2, 0) is 6.54 Å². The molecule has 0 saturated heterocycles. The summed E-state index contributed by atoms with van der Waals surface area (Å²) in [5.74, 6) is 0. The van der Waals surface area contributed by atoms with Crippen LogP contribution in [0.25, 0.3) is 11.0 Å². The lowest BCUT2D eigenvalue weighted by Crippen LogP contribution is -2.25. The van der Waals surface area contributed by atoms with Crippen LogP contribution < -0.4 is 5.56 Å². The molecule has 0 N–H and O–H groups in total. The van der Waals surface area contributed by atoms with Crippen molar-refractivity contribution in [3.63, 3.8) is 0 Å². The molecule has 0 saturated carbocycles. The monoisotopic (exact) mass is 256 g/mol. The Labute approximate surface area is 108 Å². The van der Waals surface area contributed by atoms with Crippen LogP contribution >= 0.6 is 0 Å². The second kappa shape index (κ2) is 4.31. The molecule has 3 rings (SSSR count). The highest BCUT2D eigenvalue weighted by Gasteiger charge is 2.12. The number of aryl methyl sites for hydroxylation is 2. The molecule has 1 aromatic carbocycles. The first-order valence-corrected chi connectivity index (χ1v) is 5.91. The fourth-order valence-corrected chi connectivity index (χ4v) is 2.02. The minimum atomic E-state index is -0.124. The number of fused-ring (bicyclic) bond motifs is 1. The van der Waals surface area contributed by atoms with Crippen LogP contribution in [0, 0.1) is 13.8 Å². The summed E-state index contributed by atoms with van der Waals surface area (Å²) in [5.41, 5.74) is 3.24. The molecule has 2 heterocycles. The van der Waals surface area contributed by atoms with Crippen molar-refractivity contribution in [1.29, 1.82) is 0 Å². The quantitative estimate of drug-likeness (QED) is 0.693. The normalized spacial score (nSPS) is 11.1. The first-order valence-electron chi connectivity index (χ1n) is 5.91. The van der Waals surface area contributed by atoms with Gasteiger partial charge >= 0.3 is 0 Å². The Morgan fingerprint density at radius 1 is 1.16 bits per heavy atom. The standard InChI is InChI=1S/C13H12N4O2/c1-8-11(16-19-15-8)7-17-12-6-4-3-5-10(12)14-9(2)13(17)18/h3-6H,7H2,1-2H3. The summed E-state index contributed by atoms with van der Waals surface area (Å²) >= 11 is 0. The van der Waals surface area contributed by atoms with E-state index in [1.165, 1.54) is 0 Å². The minimum absolute atomic E-state index is 0.124. The molecule has 0 spiro atoms. The maximum atomic E-state index is 12.2. The highest BCUT2D eigenvalue weighted by Crippen LogP contribution is 2.12. The van der Waals surface area contributed by atoms with Crippen LogP contribution in [0.2, 0.25) is 0 Å². The lowest BCUT2D eigenvalue weighted by molar-refractivity contribution is 0.300. The molecule has 3 aromatic rings. The molecule has 0 aliphatic rings. The molecule has 96 valence electrons. The number of nitrogens with zero attached hydrogens (tertiary/aromatic N) is 4. The fraction of sp³-hybridized carbons (Fsp3) is 0.231. The van der Waals surface area contributed by atoms with E-state index in [1.54, 1.807) is 18.4 Å². The van der Waals surface area contributed by atoms with Gasteiger partial charge in [0.25, 0.3) is 5.56 Å². The first-order chi connectivity index (χ1) is 9.16. The van der Waals surface area contributed by atoms with Gasteiger partial charge in [0.15, 0.2) is 0 Å². The van der Waals surface area contributed by atoms with Gasteiger partial charge in [-0.3, -0.25) is 9.36 Å². The van der Waals surface area contributed by atoms with Crippen molar-refractivity contribution in [2.75, 3.05) is 0 Å². The van der Waals surface area contributed by atoms with Gasteiger partial charge < -0.3 is 0 Å². The molecule has 0 atom stereocenters. The van der Waals surface area contributed by atoms with Gasteiger partial charge in [0.2, 0.25) is 0 Å². The molecule has 0 bridgehead atoms. The largest absolute Gasteiger partial charge is 0.299 e. The van der Waals surface area contributed by atoms with Crippen LogP contribution in [0.1, 0.15) is 17.1 Å². The van der Waals surface area contributed by atoms with Crippen LogP contribution in [0.4, 0.5) is 0 Å². The maximum Gasteiger partial charge on any atom is 0.272 e. The van der Waals surface area contributed by atoms with E-state index in [0.29, 0.717) is 23.6 Å². The molecular weight excluding hydrogens is 244 g/mol. The van der Waals surface area contributed by atoms with Gasteiger partial charge in [-0.05, 0) is 26.0 Å². The third-order valence-corrected chi connectivity index (χ3v) is 3.07. The van der Waals surface area contributed by atoms with Gasteiger partial charge in [-0.25, -0.2) is 9.61 Å². The van der Waals surface area contributed by atoms with Crippen molar-refractivity contribution in [2.45, 2.75) is 20.4 Å². The molecule has 2 aromatic heterocycles. The van der Waals surface area contributed by atoms with Crippen LogP contribution in [0.3, 0.4) is 0 Å². The molecular formula is C13H12N4O2. The maximum absolute atomic E-state index is 12.2. The Hall–Kier alpha value is -2.50. The van der Waals surface area contributed by atoms with Gasteiger partial charge in [0, 0.05) is 0 Å². The SMILES string of the molecule is Cc1nonc1Cn1c(=O)c(C)nc2ccccc21. The zero-order chi connectivity index (χ0) is 13.4. The van der Waals surface area contributed by atoms with Gasteiger partial charge in [-0.2, -0.15) is 0 Å². The van der Waals surface area contributed by atoms with E-state index in [0.717, 1.165) is 11.0 Å². The summed E-state index contributed by atoms with van der Waals surface area (Å²) in [4.78, 5) is 16.5. The van der Waals surface area contributed by atoms with E-state index < -0.39 is 0 Å². The zero-order valence-corrected chi connectivity index (χ0v) is 10.6. The molecule has 0 unspecified atom stereocenters. The summed E-state index contributed by atoms with van der Waals surface area (Å²) in [6.45, 7) is 3.84. The van der Waals surface area contributed by atoms with E-state index in [4.69, 9.17) is 0 Å². The third-order valence-electron chi connectivity index (χ3n) is 3.07. The van der Waals surface area contributed by atoms with Crippen LogP contribution in [-0.4, -0.2) is 19.9 Å². The Bertz CT molecular complexity index is 804. The Morgan fingerprint density at radius 3 is 2.68 bits per heavy atom. The molecule has 6 nitrogen and oxygen atoms in total. The number of rotatable bonds is 2. The molecule has 0 aliphatic heterocycles. The minimum Gasteiger partial charge on any atom is -0.299 e. The van der Waals surface area contributed by atoms with Crippen LogP contribution in [0.15, 0.2) is 33.7 Å². The average molecular weight is 256 g/mol. The van der Waals surface area contributed by atoms with Gasteiger partial charge in [0.05, 0.1) is 17.6 Å². The fourth-order valence-electron chi connectivity index (χ4n) is 2.02. The number of benzene rings is 1. The van der Waals surface area contributed by atoms with E-state index in [9.17, 15) is 4.79 Å². The highest BCUT2D eigenvalue weighted by molar-refractivity contribution is 5.74. The predicted octanol–water partition coefficient (Wildman–Crippen LogP) is 1.44. The zero-order valence-electron chi connectivity index (χ0n) is 10.6. The van der Waals surface area contributed by atoms with Gasteiger partial charge in [-0.15, -0.1) is 0 Å². The van der Waals surface area contributed by atoms with Crippen molar-refractivity contribution in [3.05, 3.63) is 51.7 Å².